The van der Waals surface area contributed by atoms with Crippen LogP contribution in [0.2, 0.25) is 0 Å². The normalized spacial score (nSPS) is 17.6. The van der Waals surface area contributed by atoms with Crippen LogP contribution in [0.1, 0.15) is 23.9 Å². The van der Waals surface area contributed by atoms with Crippen LogP contribution in [0, 0.1) is 0 Å². The topological polar surface area (TPSA) is 47.8 Å². The molecule has 0 spiro atoms. The van der Waals surface area contributed by atoms with Gasteiger partial charge in [0.05, 0.1) is 12.3 Å². The van der Waals surface area contributed by atoms with Gasteiger partial charge in [0.1, 0.15) is 18.5 Å². The zero-order valence-electron chi connectivity index (χ0n) is 11.4. The van der Waals surface area contributed by atoms with E-state index in [9.17, 15) is 0 Å². The van der Waals surface area contributed by atoms with Gasteiger partial charge in [-0.3, -0.25) is 0 Å². The van der Waals surface area contributed by atoms with E-state index in [1.165, 1.54) is 0 Å². The first-order valence-electron chi connectivity index (χ1n) is 6.82. The minimum atomic E-state index is 0.258. The second kappa shape index (κ2) is 5.92. The van der Waals surface area contributed by atoms with Crippen molar-refractivity contribution >= 4 is 12.2 Å². The van der Waals surface area contributed by atoms with Crippen molar-refractivity contribution in [3.63, 3.8) is 0 Å². The van der Waals surface area contributed by atoms with Gasteiger partial charge in [-0.25, -0.2) is 0 Å². The Morgan fingerprint density at radius 2 is 2.20 bits per heavy atom. The minimum absolute atomic E-state index is 0.258. The molecule has 0 amide bonds. The number of aryl methyl sites for hydroxylation is 1. The monoisotopic (exact) mass is 271 g/mol. The summed E-state index contributed by atoms with van der Waals surface area (Å²) in [5, 5.41) is 3.96. The average Bonchev–Trinajstić information content (AvgIpc) is 3.20. The molecule has 0 N–H and O–H groups in total. The second-order valence-corrected chi connectivity index (χ2v) is 4.71. The largest absolute Gasteiger partial charge is 0.490 e. The molecular formula is C16H17NO3. The molecular weight excluding hydrogens is 254 g/mol. The van der Waals surface area contributed by atoms with Crippen molar-refractivity contribution in [1.82, 2.24) is 5.16 Å². The first-order valence-corrected chi connectivity index (χ1v) is 6.82. The zero-order valence-corrected chi connectivity index (χ0v) is 11.4. The molecule has 0 saturated carbocycles. The highest BCUT2D eigenvalue weighted by Crippen LogP contribution is 2.22. The van der Waals surface area contributed by atoms with Crippen molar-refractivity contribution in [3.05, 3.63) is 47.3 Å². The van der Waals surface area contributed by atoms with Crippen molar-refractivity contribution in [2.45, 2.75) is 19.4 Å². The van der Waals surface area contributed by atoms with Gasteiger partial charge < -0.3 is 14.0 Å². The smallest absolute Gasteiger partial charge is 0.159 e. The molecule has 1 unspecified atom stereocenters. The highest BCUT2D eigenvalue weighted by molar-refractivity contribution is 5.70. The van der Waals surface area contributed by atoms with Crippen molar-refractivity contribution < 1.29 is 14.0 Å². The lowest BCUT2D eigenvalue weighted by Gasteiger charge is -2.07. The molecule has 4 nitrogen and oxygen atoms in total. The van der Waals surface area contributed by atoms with Crippen LogP contribution >= 0.6 is 0 Å². The fraction of sp³-hybridized carbons (Fsp3) is 0.312. The van der Waals surface area contributed by atoms with Crippen LogP contribution in [0.4, 0.5) is 0 Å². The standard InChI is InChI=1S/C16H17NO3/c1-2-13-9-14(20-17-13)8-7-12-5-3-4-6-16(12)19-11-15-10-18-15/h3-9,15H,2,10-11H2,1H3. The summed E-state index contributed by atoms with van der Waals surface area (Å²) in [7, 11) is 0. The molecule has 0 aliphatic carbocycles. The van der Waals surface area contributed by atoms with E-state index in [-0.39, 0.29) is 6.10 Å². The number of aromatic nitrogens is 1. The van der Waals surface area contributed by atoms with E-state index < -0.39 is 0 Å². The zero-order chi connectivity index (χ0) is 13.8. The predicted molar refractivity (Wildman–Crippen MR) is 76.5 cm³/mol. The first-order chi connectivity index (χ1) is 9.85. The summed E-state index contributed by atoms with van der Waals surface area (Å²) < 4.78 is 16.1. The van der Waals surface area contributed by atoms with Crippen molar-refractivity contribution in [1.29, 1.82) is 0 Å². The van der Waals surface area contributed by atoms with Gasteiger partial charge in [0.25, 0.3) is 0 Å². The van der Waals surface area contributed by atoms with Crippen LogP contribution < -0.4 is 4.74 Å². The number of nitrogens with zero attached hydrogens (tertiary/aromatic N) is 1. The number of rotatable bonds is 6. The Labute approximate surface area is 118 Å². The molecule has 1 saturated heterocycles. The Morgan fingerprint density at radius 1 is 1.35 bits per heavy atom. The molecule has 20 heavy (non-hydrogen) atoms. The third-order valence-corrected chi connectivity index (χ3v) is 3.11. The van der Waals surface area contributed by atoms with Gasteiger partial charge in [-0.05, 0) is 24.6 Å². The van der Waals surface area contributed by atoms with Crippen molar-refractivity contribution in [2.75, 3.05) is 13.2 Å². The Balaban J connectivity index is 1.71. The summed E-state index contributed by atoms with van der Waals surface area (Å²) in [6.07, 6.45) is 5.01. The second-order valence-electron chi connectivity index (χ2n) is 4.71. The molecule has 4 heteroatoms. The van der Waals surface area contributed by atoms with E-state index in [4.69, 9.17) is 14.0 Å². The Hall–Kier alpha value is -2.07. The summed E-state index contributed by atoms with van der Waals surface area (Å²) in [5.74, 6) is 1.61. The Kier molecular flexibility index (Phi) is 3.83. The van der Waals surface area contributed by atoms with Gasteiger partial charge in [-0.1, -0.05) is 30.3 Å². The predicted octanol–water partition coefficient (Wildman–Crippen LogP) is 3.19. The van der Waals surface area contributed by atoms with Crippen LogP contribution in [-0.2, 0) is 11.2 Å². The lowest BCUT2D eigenvalue weighted by Crippen LogP contribution is -2.04. The van der Waals surface area contributed by atoms with Gasteiger partial charge in [-0.15, -0.1) is 0 Å². The summed E-state index contributed by atoms with van der Waals surface area (Å²) in [6.45, 7) is 3.46. The number of hydrogen-bond acceptors (Lipinski definition) is 4. The summed E-state index contributed by atoms with van der Waals surface area (Å²) >= 11 is 0. The van der Waals surface area contributed by atoms with Crippen LogP contribution in [-0.4, -0.2) is 24.5 Å². The van der Waals surface area contributed by atoms with E-state index in [0.717, 1.165) is 35.8 Å². The van der Waals surface area contributed by atoms with E-state index >= 15 is 0 Å². The maximum absolute atomic E-state index is 5.75. The molecule has 2 aromatic rings. The van der Waals surface area contributed by atoms with E-state index in [1.54, 1.807) is 0 Å². The minimum Gasteiger partial charge on any atom is -0.490 e. The maximum Gasteiger partial charge on any atom is 0.159 e. The summed E-state index contributed by atoms with van der Waals surface area (Å²) in [5.41, 5.74) is 1.97. The molecule has 1 fully saturated rings. The van der Waals surface area contributed by atoms with Gasteiger partial charge in [-0.2, -0.15) is 0 Å². The molecule has 104 valence electrons. The van der Waals surface area contributed by atoms with E-state index in [0.29, 0.717) is 6.61 Å². The average molecular weight is 271 g/mol. The third kappa shape index (κ3) is 3.27. The third-order valence-electron chi connectivity index (χ3n) is 3.11. The van der Waals surface area contributed by atoms with Crippen LogP contribution in [0.5, 0.6) is 5.75 Å². The number of benzene rings is 1. The number of epoxide rings is 1. The number of ether oxygens (including phenoxy) is 2. The molecule has 1 aliphatic heterocycles. The van der Waals surface area contributed by atoms with Crippen LogP contribution in [0.3, 0.4) is 0 Å². The van der Waals surface area contributed by atoms with Gasteiger partial charge in [0, 0.05) is 11.6 Å². The van der Waals surface area contributed by atoms with Gasteiger partial charge >= 0.3 is 0 Å². The first kappa shape index (κ1) is 12.9. The Bertz CT molecular complexity index is 599. The molecule has 3 rings (SSSR count). The number of para-hydroxylation sites is 1. The van der Waals surface area contributed by atoms with Crippen molar-refractivity contribution in [2.24, 2.45) is 0 Å². The van der Waals surface area contributed by atoms with Crippen molar-refractivity contribution in [3.8, 4) is 5.75 Å². The van der Waals surface area contributed by atoms with E-state index in [1.807, 2.05) is 42.5 Å². The molecule has 2 heterocycles. The fourth-order valence-corrected chi connectivity index (χ4v) is 1.84. The Morgan fingerprint density at radius 3 is 2.95 bits per heavy atom. The highest BCUT2D eigenvalue weighted by Gasteiger charge is 2.23. The van der Waals surface area contributed by atoms with Gasteiger partial charge in [0.15, 0.2) is 5.76 Å². The highest BCUT2D eigenvalue weighted by atomic mass is 16.6. The maximum atomic E-state index is 5.75. The fourth-order valence-electron chi connectivity index (χ4n) is 1.84. The van der Waals surface area contributed by atoms with Crippen LogP contribution in [0.25, 0.3) is 12.2 Å². The number of hydrogen-bond donors (Lipinski definition) is 0. The molecule has 1 aromatic heterocycles. The van der Waals surface area contributed by atoms with E-state index in [2.05, 4.69) is 12.1 Å². The SMILES string of the molecule is CCc1cc(C=Cc2ccccc2OCC2CO2)on1. The molecule has 1 aliphatic rings. The molecule has 0 bridgehead atoms. The summed E-state index contributed by atoms with van der Waals surface area (Å²) in [4.78, 5) is 0. The molecule has 1 atom stereocenters. The molecule has 0 radical (unpaired) electrons. The van der Waals surface area contributed by atoms with Crippen LogP contribution in [0.15, 0.2) is 34.9 Å². The lowest BCUT2D eigenvalue weighted by molar-refractivity contribution is 0.262. The quantitative estimate of drug-likeness (QED) is 0.757. The summed E-state index contributed by atoms with van der Waals surface area (Å²) in [6, 6.07) is 9.86. The lowest BCUT2D eigenvalue weighted by atomic mass is 10.1. The van der Waals surface area contributed by atoms with Gasteiger partial charge in [0.2, 0.25) is 0 Å². The molecule has 1 aromatic carbocycles.